The molecule has 112 valence electrons. The number of thiophene rings is 1. The van der Waals surface area contributed by atoms with Gasteiger partial charge < -0.3 is 10.4 Å². The van der Waals surface area contributed by atoms with Gasteiger partial charge in [-0.25, -0.2) is 0 Å². The molecule has 0 aliphatic rings. The molecule has 0 saturated heterocycles. The number of alkyl halides is 3. The molecule has 0 bridgehead atoms. The molecule has 0 radical (unpaired) electrons. The molecule has 1 amide bonds. The number of hydrogen-bond donors (Lipinski definition) is 2. The monoisotopic (exact) mass is 320 g/mol. The molecule has 0 saturated carbocycles. The van der Waals surface area contributed by atoms with Crippen LogP contribution in [0.5, 0.6) is 5.75 Å². The number of benzene rings is 1. The maximum Gasteiger partial charge on any atom is 0.418 e. The van der Waals surface area contributed by atoms with Crippen LogP contribution in [0, 0.1) is 10.1 Å². The largest absolute Gasteiger partial charge is 0.506 e. The quantitative estimate of drug-likeness (QED) is 0.657. The second kappa shape index (κ2) is 4.88. The van der Waals surface area contributed by atoms with E-state index in [9.17, 15) is 33.2 Å². The topological polar surface area (TPSA) is 92.5 Å². The van der Waals surface area contributed by atoms with E-state index in [1.165, 1.54) is 7.05 Å². The average Bonchev–Trinajstić information content (AvgIpc) is 2.73. The van der Waals surface area contributed by atoms with E-state index in [4.69, 9.17) is 0 Å². The van der Waals surface area contributed by atoms with Crippen LogP contribution < -0.4 is 5.32 Å². The standard InChI is InChI=1S/C11H7F3N2O4S/c1-15-10(18)9-7(17)5-2-4(16(19)20)3-6(8(5)21-9)11(12,13)14/h2-3,17H,1H3,(H,15,18). The molecule has 2 aromatic rings. The number of carbonyl (C=O) groups excluding carboxylic acids is 1. The normalized spacial score (nSPS) is 11.6. The number of nitrogens with one attached hydrogen (secondary N) is 1. The highest BCUT2D eigenvalue weighted by Gasteiger charge is 2.37. The lowest BCUT2D eigenvalue weighted by Crippen LogP contribution is -2.16. The Morgan fingerprint density at radius 1 is 1.43 bits per heavy atom. The van der Waals surface area contributed by atoms with Crippen molar-refractivity contribution < 1.29 is 28.0 Å². The van der Waals surface area contributed by atoms with Gasteiger partial charge in [-0.2, -0.15) is 13.2 Å². The molecule has 0 aliphatic heterocycles. The summed E-state index contributed by atoms with van der Waals surface area (Å²) in [5.41, 5.74) is -2.08. The zero-order valence-electron chi connectivity index (χ0n) is 10.3. The highest BCUT2D eigenvalue weighted by Crippen LogP contribution is 2.45. The van der Waals surface area contributed by atoms with Crippen LogP contribution in [0.4, 0.5) is 18.9 Å². The summed E-state index contributed by atoms with van der Waals surface area (Å²) < 4.78 is 38.5. The highest BCUT2D eigenvalue weighted by atomic mass is 32.1. The van der Waals surface area contributed by atoms with Gasteiger partial charge in [-0.05, 0) is 0 Å². The van der Waals surface area contributed by atoms with Gasteiger partial charge in [0.25, 0.3) is 11.6 Å². The third-order valence-corrected chi connectivity index (χ3v) is 3.92. The first kappa shape index (κ1) is 15.0. The van der Waals surface area contributed by atoms with Crippen LogP contribution in [0.1, 0.15) is 15.2 Å². The molecular weight excluding hydrogens is 313 g/mol. The van der Waals surface area contributed by atoms with E-state index in [0.717, 1.165) is 6.07 Å². The summed E-state index contributed by atoms with van der Waals surface area (Å²) in [6.07, 6.45) is -4.85. The molecule has 1 aromatic heterocycles. The van der Waals surface area contributed by atoms with Crippen LogP contribution in [0.25, 0.3) is 10.1 Å². The lowest BCUT2D eigenvalue weighted by Gasteiger charge is -2.07. The van der Waals surface area contributed by atoms with E-state index < -0.39 is 38.7 Å². The Hall–Kier alpha value is -2.36. The number of aromatic hydroxyl groups is 1. The first-order valence-electron chi connectivity index (χ1n) is 5.40. The molecule has 0 aliphatic carbocycles. The molecule has 0 spiro atoms. The Morgan fingerprint density at radius 3 is 2.52 bits per heavy atom. The molecule has 0 atom stereocenters. The third-order valence-electron chi connectivity index (χ3n) is 2.70. The van der Waals surface area contributed by atoms with Crippen LogP contribution in [0.3, 0.4) is 0 Å². The first-order chi connectivity index (χ1) is 9.66. The van der Waals surface area contributed by atoms with Gasteiger partial charge >= 0.3 is 6.18 Å². The van der Waals surface area contributed by atoms with Crippen molar-refractivity contribution >= 4 is 33.0 Å². The fraction of sp³-hybridized carbons (Fsp3) is 0.182. The summed E-state index contributed by atoms with van der Waals surface area (Å²) in [5, 5.41) is 22.4. The minimum atomic E-state index is -4.85. The van der Waals surface area contributed by atoms with Crippen molar-refractivity contribution in [2.24, 2.45) is 0 Å². The first-order valence-corrected chi connectivity index (χ1v) is 6.21. The van der Waals surface area contributed by atoms with Gasteiger partial charge in [0.15, 0.2) is 0 Å². The second-order valence-electron chi connectivity index (χ2n) is 3.98. The Labute approximate surface area is 119 Å². The number of hydrogen-bond acceptors (Lipinski definition) is 5. The number of fused-ring (bicyclic) bond motifs is 1. The number of nitrogens with zero attached hydrogens (tertiary/aromatic N) is 1. The molecule has 1 aromatic carbocycles. The third kappa shape index (κ3) is 2.49. The summed E-state index contributed by atoms with van der Waals surface area (Å²) >= 11 is 0.426. The van der Waals surface area contributed by atoms with Gasteiger partial charge in [0.2, 0.25) is 0 Å². The van der Waals surface area contributed by atoms with E-state index in [0.29, 0.717) is 17.4 Å². The van der Waals surface area contributed by atoms with Gasteiger partial charge in [0.1, 0.15) is 10.6 Å². The second-order valence-corrected chi connectivity index (χ2v) is 5.00. The van der Waals surface area contributed by atoms with Crippen LogP contribution in [0.2, 0.25) is 0 Å². The smallest absolute Gasteiger partial charge is 0.418 e. The predicted octanol–water partition coefficient (Wildman–Crippen LogP) is 2.89. The van der Waals surface area contributed by atoms with E-state index in [-0.39, 0.29) is 10.3 Å². The average molecular weight is 320 g/mol. The number of amides is 1. The predicted molar refractivity (Wildman–Crippen MR) is 68.5 cm³/mol. The van der Waals surface area contributed by atoms with Crippen molar-refractivity contribution in [3.8, 4) is 5.75 Å². The summed E-state index contributed by atoms with van der Waals surface area (Å²) in [4.78, 5) is 20.9. The van der Waals surface area contributed by atoms with E-state index in [1.807, 2.05) is 0 Å². The molecule has 21 heavy (non-hydrogen) atoms. The number of nitro benzene ring substituents is 1. The number of carbonyl (C=O) groups is 1. The maximum atomic E-state index is 13.0. The fourth-order valence-corrected chi connectivity index (χ4v) is 2.91. The van der Waals surface area contributed by atoms with Crippen LogP contribution in [-0.2, 0) is 6.18 Å². The van der Waals surface area contributed by atoms with Crippen molar-refractivity contribution in [3.05, 3.63) is 32.7 Å². The number of rotatable bonds is 2. The van der Waals surface area contributed by atoms with Crippen molar-refractivity contribution in [1.82, 2.24) is 5.32 Å². The Morgan fingerprint density at radius 2 is 2.05 bits per heavy atom. The van der Waals surface area contributed by atoms with Crippen molar-refractivity contribution in [3.63, 3.8) is 0 Å². The summed E-state index contributed by atoms with van der Waals surface area (Å²) in [6, 6.07) is 1.19. The van der Waals surface area contributed by atoms with Crippen LogP contribution in [0.15, 0.2) is 12.1 Å². The van der Waals surface area contributed by atoms with Gasteiger partial charge in [-0.1, -0.05) is 0 Å². The lowest BCUT2D eigenvalue weighted by molar-refractivity contribution is -0.385. The molecular formula is C11H7F3N2O4S. The van der Waals surface area contributed by atoms with Gasteiger partial charge in [-0.15, -0.1) is 11.3 Å². The van der Waals surface area contributed by atoms with Crippen LogP contribution in [-0.4, -0.2) is 23.0 Å². The molecule has 1 heterocycles. The molecule has 0 unspecified atom stereocenters. The molecule has 2 N–H and O–H groups in total. The Balaban J connectivity index is 2.88. The molecule has 10 heteroatoms. The number of nitro groups is 1. The number of halogens is 3. The molecule has 0 fully saturated rings. The van der Waals surface area contributed by atoms with Gasteiger partial charge in [0, 0.05) is 24.6 Å². The zero-order chi connectivity index (χ0) is 15.9. The van der Waals surface area contributed by atoms with Gasteiger partial charge in [-0.3, -0.25) is 14.9 Å². The SMILES string of the molecule is CNC(=O)c1sc2c(C(F)(F)F)cc([N+](=O)[O-])cc2c1O. The van der Waals surface area contributed by atoms with E-state index in [1.54, 1.807) is 0 Å². The van der Waals surface area contributed by atoms with Gasteiger partial charge in [0.05, 0.1) is 15.2 Å². The molecule has 2 rings (SSSR count). The Kier molecular flexibility index (Phi) is 3.49. The van der Waals surface area contributed by atoms with Crippen molar-refractivity contribution in [1.29, 1.82) is 0 Å². The van der Waals surface area contributed by atoms with E-state index >= 15 is 0 Å². The van der Waals surface area contributed by atoms with E-state index in [2.05, 4.69) is 5.32 Å². The molecule has 6 nitrogen and oxygen atoms in total. The Bertz CT molecular complexity index is 754. The maximum absolute atomic E-state index is 13.0. The summed E-state index contributed by atoms with van der Waals surface area (Å²) in [6.45, 7) is 0. The van der Waals surface area contributed by atoms with Crippen LogP contribution >= 0.6 is 11.3 Å². The minimum Gasteiger partial charge on any atom is -0.506 e. The summed E-state index contributed by atoms with van der Waals surface area (Å²) in [7, 11) is 1.25. The van der Waals surface area contributed by atoms with Crippen molar-refractivity contribution in [2.45, 2.75) is 6.18 Å². The zero-order valence-corrected chi connectivity index (χ0v) is 11.1. The highest BCUT2D eigenvalue weighted by molar-refractivity contribution is 7.21. The van der Waals surface area contributed by atoms with Crippen molar-refractivity contribution in [2.75, 3.05) is 7.05 Å². The fourth-order valence-electron chi connectivity index (χ4n) is 1.76. The minimum absolute atomic E-state index is 0.335. The summed E-state index contributed by atoms with van der Waals surface area (Å²) in [5.74, 6) is -1.48. The number of non-ortho nitro benzene ring substituents is 1. The lowest BCUT2D eigenvalue weighted by atomic mass is 10.1.